The number of aromatic nitrogens is 1. The van der Waals surface area contributed by atoms with Crippen LogP contribution in [0.15, 0.2) is 48.7 Å². The van der Waals surface area contributed by atoms with Gasteiger partial charge in [-0.05, 0) is 24.5 Å². The van der Waals surface area contributed by atoms with Gasteiger partial charge in [-0.1, -0.05) is 30.3 Å². The summed E-state index contributed by atoms with van der Waals surface area (Å²) >= 11 is 0. The van der Waals surface area contributed by atoms with Gasteiger partial charge in [0.2, 0.25) is 0 Å². The van der Waals surface area contributed by atoms with Gasteiger partial charge in [0.15, 0.2) is 5.60 Å². The van der Waals surface area contributed by atoms with E-state index in [0.29, 0.717) is 12.8 Å². The van der Waals surface area contributed by atoms with E-state index in [0.717, 1.165) is 37.5 Å². The Kier molecular flexibility index (Phi) is 4.23. The van der Waals surface area contributed by atoms with Crippen LogP contribution in [-0.2, 0) is 9.53 Å². The van der Waals surface area contributed by atoms with Crippen molar-refractivity contribution in [3.8, 4) is 5.75 Å². The second kappa shape index (κ2) is 6.78. The maximum atomic E-state index is 13.4. The highest BCUT2D eigenvalue weighted by atomic mass is 16.6. The highest BCUT2D eigenvalue weighted by molar-refractivity contribution is 5.88. The number of benzene rings is 1. The molecule has 3 saturated heterocycles. The summed E-state index contributed by atoms with van der Waals surface area (Å²) in [7, 11) is 1.66. The van der Waals surface area contributed by atoms with Crippen LogP contribution in [0.4, 0.5) is 5.82 Å². The lowest BCUT2D eigenvalue weighted by molar-refractivity contribution is -0.140. The number of piperidine rings is 1. The lowest BCUT2D eigenvalue weighted by atomic mass is 9.89. The molecule has 2 aromatic rings. The number of carbonyl (C=O) groups excluding carboxylic acids is 1. The lowest BCUT2D eigenvalue weighted by Gasteiger charge is -2.38. The van der Waals surface area contributed by atoms with E-state index in [-0.39, 0.29) is 18.2 Å². The number of rotatable bonds is 3. The van der Waals surface area contributed by atoms with Crippen LogP contribution < -0.4 is 9.64 Å². The largest absolute Gasteiger partial charge is 0.497 e. The SMILES string of the molecule is COc1ccnc(N2CCC3(CC2)O[C@@H]2CC[C@@H](c4ccccc4)N2C3=O)c1. The van der Waals surface area contributed by atoms with E-state index in [1.165, 1.54) is 5.56 Å². The van der Waals surface area contributed by atoms with E-state index in [1.807, 2.05) is 35.2 Å². The molecule has 146 valence electrons. The molecule has 0 bridgehead atoms. The molecule has 28 heavy (non-hydrogen) atoms. The van der Waals surface area contributed by atoms with Gasteiger partial charge in [-0.15, -0.1) is 0 Å². The van der Waals surface area contributed by atoms with Gasteiger partial charge >= 0.3 is 0 Å². The highest BCUT2D eigenvalue weighted by Crippen LogP contribution is 2.47. The number of anilines is 1. The minimum Gasteiger partial charge on any atom is -0.497 e. The average Bonchev–Trinajstić information content (AvgIpc) is 3.27. The zero-order chi connectivity index (χ0) is 19.1. The topological polar surface area (TPSA) is 54.9 Å². The van der Waals surface area contributed by atoms with Crippen LogP contribution in [0.1, 0.15) is 37.3 Å². The van der Waals surface area contributed by atoms with Crippen molar-refractivity contribution >= 4 is 11.7 Å². The second-order valence-electron chi connectivity index (χ2n) is 7.82. The molecule has 3 aliphatic heterocycles. The Labute approximate surface area is 165 Å². The fourth-order valence-electron chi connectivity index (χ4n) is 4.84. The first-order valence-electron chi connectivity index (χ1n) is 10.0. The Morgan fingerprint density at radius 2 is 1.93 bits per heavy atom. The van der Waals surface area contributed by atoms with E-state index < -0.39 is 5.60 Å². The van der Waals surface area contributed by atoms with Gasteiger partial charge in [0.25, 0.3) is 5.91 Å². The first-order chi connectivity index (χ1) is 13.7. The maximum Gasteiger partial charge on any atom is 0.257 e. The quantitative estimate of drug-likeness (QED) is 0.820. The molecule has 3 aliphatic rings. The highest BCUT2D eigenvalue weighted by Gasteiger charge is 2.57. The van der Waals surface area contributed by atoms with Gasteiger partial charge in [-0.25, -0.2) is 4.98 Å². The van der Waals surface area contributed by atoms with Gasteiger partial charge in [0.1, 0.15) is 17.8 Å². The van der Waals surface area contributed by atoms with Crippen molar-refractivity contribution in [1.82, 2.24) is 9.88 Å². The summed E-state index contributed by atoms with van der Waals surface area (Å²) in [6.45, 7) is 1.50. The maximum absolute atomic E-state index is 13.4. The summed E-state index contributed by atoms with van der Waals surface area (Å²) < 4.78 is 11.7. The van der Waals surface area contributed by atoms with E-state index in [4.69, 9.17) is 9.47 Å². The van der Waals surface area contributed by atoms with Crippen molar-refractivity contribution < 1.29 is 14.3 Å². The summed E-state index contributed by atoms with van der Waals surface area (Å²) in [6.07, 6.45) is 4.94. The summed E-state index contributed by atoms with van der Waals surface area (Å²) in [5, 5.41) is 0. The summed E-state index contributed by atoms with van der Waals surface area (Å²) in [5.74, 6) is 1.86. The zero-order valence-corrected chi connectivity index (χ0v) is 16.1. The Hall–Kier alpha value is -2.60. The molecule has 6 heteroatoms. The fraction of sp³-hybridized carbons (Fsp3) is 0.455. The number of hydrogen-bond donors (Lipinski definition) is 0. The molecule has 1 amide bonds. The van der Waals surface area contributed by atoms with E-state index in [1.54, 1.807) is 13.3 Å². The third-order valence-electron chi connectivity index (χ3n) is 6.35. The number of fused-ring (bicyclic) bond motifs is 1. The Morgan fingerprint density at radius 1 is 1.14 bits per heavy atom. The first kappa shape index (κ1) is 17.5. The van der Waals surface area contributed by atoms with E-state index >= 15 is 0 Å². The number of amides is 1. The van der Waals surface area contributed by atoms with Gasteiger partial charge in [-0.3, -0.25) is 4.79 Å². The third kappa shape index (κ3) is 2.75. The zero-order valence-electron chi connectivity index (χ0n) is 16.1. The van der Waals surface area contributed by atoms with Crippen LogP contribution in [0.25, 0.3) is 0 Å². The lowest BCUT2D eigenvalue weighted by Crippen LogP contribution is -2.50. The smallest absolute Gasteiger partial charge is 0.257 e. The molecule has 4 heterocycles. The molecule has 0 radical (unpaired) electrons. The number of nitrogens with zero attached hydrogens (tertiary/aromatic N) is 3. The molecule has 1 aromatic carbocycles. The molecule has 0 saturated carbocycles. The Morgan fingerprint density at radius 3 is 2.68 bits per heavy atom. The van der Waals surface area contributed by atoms with Crippen molar-refractivity contribution in [2.45, 2.75) is 43.6 Å². The molecule has 1 aromatic heterocycles. The molecule has 5 rings (SSSR count). The minimum absolute atomic E-state index is 0.0841. The van der Waals surface area contributed by atoms with Crippen LogP contribution in [-0.4, -0.2) is 47.8 Å². The Balaban J connectivity index is 1.32. The summed E-state index contributed by atoms with van der Waals surface area (Å²) in [6, 6.07) is 14.2. The van der Waals surface area contributed by atoms with Crippen LogP contribution in [0, 0.1) is 0 Å². The number of hydrogen-bond acceptors (Lipinski definition) is 5. The van der Waals surface area contributed by atoms with Crippen LogP contribution in [0.5, 0.6) is 5.75 Å². The molecular weight excluding hydrogens is 354 g/mol. The summed E-state index contributed by atoms with van der Waals surface area (Å²) in [4.78, 5) is 22.1. The summed E-state index contributed by atoms with van der Waals surface area (Å²) in [5.41, 5.74) is 0.532. The van der Waals surface area contributed by atoms with Crippen molar-refractivity contribution in [1.29, 1.82) is 0 Å². The molecule has 1 spiro atoms. The van der Waals surface area contributed by atoms with Crippen molar-refractivity contribution in [2.24, 2.45) is 0 Å². The molecule has 6 nitrogen and oxygen atoms in total. The standard InChI is InChI=1S/C22H25N3O3/c1-27-17-9-12-23-19(15-17)24-13-10-22(11-14-24)21(26)25-18(7-8-20(25)28-22)16-5-3-2-4-6-16/h2-6,9,12,15,18,20H,7-8,10-11,13-14H2,1H3/t18-,20+/m0/s1. The van der Waals surface area contributed by atoms with Crippen molar-refractivity contribution in [3.63, 3.8) is 0 Å². The van der Waals surface area contributed by atoms with Crippen LogP contribution in [0.2, 0.25) is 0 Å². The van der Waals surface area contributed by atoms with E-state index in [9.17, 15) is 4.79 Å². The average molecular weight is 379 g/mol. The number of methoxy groups -OCH3 is 1. The second-order valence-corrected chi connectivity index (χ2v) is 7.82. The van der Waals surface area contributed by atoms with E-state index in [2.05, 4.69) is 22.0 Å². The van der Waals surface area contributed by atoms with Gasteiger partial charge in [0, 0.05) is 38.2 Å². The van der Waals surface area contributed by atoms with Gasteiger partial charge < -0.3 is 19.3 Å². The first-order valence-corrected chi connectivity index (χ1v) is 10.0. The third-order valence-corrected chi connectivity index (χ3v) is 6.35. The normalized spacial score (nSPS) is 26.0. The van der Waals surface area contributed by atoms with Crippen molar-refractivity contribution in [3.05, 3.63) is 54.2 Å². The van der Waals surface area contributed by atoms with Crippen molar-refractivity contribution in [2.75, 3.05) is 25.1 Å². The molecule has 0 aliphatic carbocycles. The van der Waals surface area contributed by atoms with Gasteiger partial charge in [0.05, 0.1) is 13.2 Å². The fourth-order valence-corrected chi connectivity index (χ4v) is 4.84. The number of ether oxygens (including phenoxy) is 2. The molecular formula is C22H25N3O3. The molecule has 0 unspecified atom stereocenters. The van der Waals surface area contributed by atoms with Crippen LogP contribution >= 0.6 is 0 Å². The number of pyridine rings is 1. The predicted molar refractivity (Wildman–Crippen MR) is 105 cm³/mol. The minimum atomic E-state index is -0.673. The van der Waals surface area contributed by atoms with Crippen LogP contribution in [0.3, 0.4) is 0 Å². The van der Waals surface area contributed by atoms with Gasteiger partial charge in [-0.2, -0.15) is 0 Å². The monoisotopic (exact) mass is 379 g/mol. The Bertz CT molecular complexity index is 864. The predicted octanol–water partition coefficient (Wildman–Crippen LogP) is 3.15. The molecule has 2 atom stereocenters. The molecule has 0 N–H and O–H groups in total. The molecule has 3 fully saturated rings. The number of carbonyl (C=O) groups is 1.